The van der Waals surface area contributed by atoms with Crippen molar-refractivity contribution in [2.24, 2.45) is 0 Å². The monoisotopic (exact) mass is 809 g/mol. The number of fused-ring (bicyclic) bond motifs is 1. The number of hydrogen-bond acceptors (Lipinski definition) is 10. The Hall–Kier alpha value is -3.64. The summed E-state index contributed by atoms with van der Waals surface area (Å²) in [6.07, 6.45) is 15.4. The van der Waals surface area contributed by atoms with Gasteiger partial charge >= 0.3 is 0 Å². The highest BCUT2D eigenvalue weighted by molar-refractivity contribution is 6.31. The highest BCUT2D eigenvalue weighted by Crippen LogP contribution is 2.39. The number of piperazine rings is 1. The number of aldehydes is 1. The first-order valence-corrected chi connectivity index (χ1v) is 21.0. The molecule has 14 heteroatoms. The number of alkyl halides is 1. The summed E-state index contributed by atoms with van der Waals surface area (Å²) in [7, 11) is 1.97. The van der Waals surface area contributed by atoms with E-state index in [1.54, 1.807) is 12.4 Å². The molecule has 0 unspecified atom stereocenters. The molecule has 4 heterocycles. The van der Waals surface area contributed by atoms with Gasteiger partial charge in [0, 0.05) is 83.8 Å². The molecule has 0 saturated carbocycles. The van der Waals surface area contributed by atoms with Gasteiger partial charge in [-0.15, -0.1) is 6.42 Å². The zero-order valence-corrected chi connectivity index (χ0v) is 34.5. The molecule has 2 aromatic heterocycles. The van der Waals surface area contributed by atoms with Crippen LogP contribution in [0, 0.1) is 12.3 Å². The minimum Gasteiger partial charge on any atom is -0.381 e. The van der Waals surface area contributed by atoms with E-state index >= 15 is 0 Å². The van der Waals surface area contributed by atoms with Crippen LogP contribution in [0.3, 0.4) is 0 Å². The van der Waals surface area contributed by atoms with Gasteiger partial charge in [-0.25, -0.2) is 4.98 Å². The Morgan fingerprint density at radius 1 is 0.930 bits per heavy atom. The number of anilines is 1. The van der Waals surface area contributed by atoms with E-state index in [-0.39, 0.29) is 12.6 Å². The topological polar surface area (TPSA) is 106 Å². The summed E-state index contributed by atoms with van der Waals surface area (Å²) in [5, 5.41) is 0.607. The van der Waals surface area contributed by atoms with Gasteiger partial charge in [0.1, 0.15) is 12.1 Å². The number of carbonyl (C=O) groups is 2. The van der Waals surface area contributed by atoms with Crippen LogP contribution in [0.25, 0.3) is 11.0 Å². The van der Waals surface area contributed by atoms with E-state index in [2.05, 4.69) is 30.2 Å². The lowest BCUT2D eigenvalue weighted by Crippen LogP contribution is -2.47. The molecule has 0 atom stereocenters. The second-order valence-corrected chi connectivity index (χ2v) is 15.5. The minimum atomic E-state index is -0.745. The fourth-order valence-electron chi connectivity index (χ4n) is 7.72. The van der Waals surface area contributed by atoms with Gasteiger partial charge in [0.05, 0.1) is 80.9 Å². The Bertz CT molecular complexity index is 1720. The van der Waals surface area contributed by atoms with Crippen LogP contribution in [-0.2, 0) is 42.3 Å². The molecule has 3 aromatic rings. The van der Waals surface area contributed by atoms with Crippen molar-refractivity contribution in [3.05, 3.63) is 53.1 Å². The number of halogens is 2. The van der Waals surface area contributed by atoms with Crippen LogP contribution in [0.4, 0.5) is 10.1 Å². The SMILES string of the molecule is C#CCN1CCN(CCOCCOCCCCCOCCC(=O)N2CCC(C=O)(c3ccncc3N(C)Cc3nc4cc(Cl)ccc4n3CCCCF)CC2)CC1. The van der Waals surface area contributed by atoms with Gasteiger partial charge in [0.2, 0.25) is 5.91 Å². The number of pyridine rings is 1. The van der Waals surface area contributed by atoms with Crippen LogP contribution in [-0.4, -0.2) is 147 Å². The number of aromatic nitrogens is 3. The zero-order chi connectivity index (χ0) is 40.3. The van der Waals surface area contributed by atoms with E-state index in [4.69, 9.17) is 37.2 Å². The summed E-state index contributed by atoms with van der Waals surface area (Å²) in [5.41, 5.74) is 2.73. The summed E-state index contributed by atoms with van der Waals surface area (Å²) >= 11 is 6.28. The second kappa shape index (κ2) is 23.7. The quantitative estimate of drug-likeness (QED) is 0.0629. The van der Waals surface area contributed by atoms with Gasteiger partial charge in [-0.2, -0.15) is 0 Å². The number of rotatable bonds is 25. The first-order chi connectivity index (χ1) is 27.9. The Morgan fingerprint density at radius 2 is 1.65 bits per heavy atom. The van der Waals surface area contributed by atoms with Crippen LogP contribution in [0.2, 0.25) is 5.02 Å². The van der Waals surface area contributed by atoms with Crippen molar-refractivity contribution >= 4 is 40.5 Å². The lowest BCUT2D eigenvalue weighted by atomic mass is 9.73. The molecule has 1 amide bonds. The maximum absolute atomic E-state index is 13.1. The van der Waals surface area contributed by atoms with Crippen molar-refractivity contribution in [1.82, 2.24) is 29.2 Å². The maximum Gasteiger partial charge on any atom is 0.224 e. The highest BCUT2D eigenvalue weighted by Gasteiger charge is 2.39. The number of ether oxygens (including phenoxy) is 3. The van der Waals surface area contributed by atoms with E-state index in [0.29, 0.717) is 96.3 Å². The molecule has 0 spiro atoms. The third kappa shape index (κ3) is 13.2. The van der Waals surface area contributed by atoms with E-state index in [9.17, 15) is 14.0 Å². The van der Waals surface area contributed by atoms with Crippen molar-refractivity contribution in [1.29, 1.82) is 0 Å². The van der Waals surface area contributed by atoms with Crippen LogP contribution < -0.4 is 4.90 Å². The molecule has 2 aliphatic rings. The van der Waals surface area contributed by atoms with E-state index in [1.807, 2.05) is 36.2 Å². The zero-order valence-electron chi connectivity index (χ0n) is 33.7. The minimum absolute atomic E-state index is 0.0478. The number of terminal acetylenes is 1. The molecule has 57 heavy (non-hydrogen) atoms. The van der Waals surface area contributed by atoms with Crippen LogP contribution in [0.5, 0.6) is 0 Å². The summed E-state index contributed by atoms with van der Waals surface area (Å²) < 4.78 is 32.4. The van der Waals surface area contributed by atoms with E-state index < -0.39 is 5.41 Å². The van der Waals surface area contributed by atoms with Gasteiger partial charge in [0.15, 0.2) is 0 Å². The molecule has 0 bridgehead atoms. The Labute approximate surface area is 343 Å². The highest BCUT2D eigenvalue weighted by atomic mass is 35.5. The van der Waals surface area contributed by atoms with Crippen molar-refractivity contribution < 1.29 is 28.2 Å². The Morgan fingerprint density at radius 3 is 2.37 bits per heavy atom. The standard InChI is InChI=1S/C43H61ClFN7O5/c1-3-17-49-21-23-50(24-22-49)25-29-57-31-30-56-27-8-4-7-26-55-28-12-42(54)51-19-13-43(35-53,14-20-51)37-11-16-46-33-40(37)48(2)34-41-47-38-32-36(44)9-10-39(38)52(41)18-6-5-15-45/h1,9-11,16,32-33,35H,4-8,12-15,17-31,34H2,2H3. The summed E-state index contributed by atoms with van der Waals surface area (Å²) in [5.74, 6) is 3.59. The number of piperidine rings is 1. The van der Waals surface area contributed by atoms with Crippen LogP contribution in [0.15, 0.2) is 36.7 Å². The largest absolute Gasteiger partial charge is 0.381 e. The van der Waals surface area contributed by atoms with Crippen molar-refractivity contribution in [3.63, 3.8) is 0 Å². The van der Waals surface area contributed by atoms with Gasteiger partial charge in [-0.3, -0.25) is 24.0 Å². The number of benzene rings is 1. The number of carbonyl (C=O) groups excluding carboxylic acids is 2. The van der Waals surface area contributed by atoms with Crippen molar-refractivity contribution in [2.75, 3.05) is 111 Å². The molecule has 12 nitrogen and oxygen atoms in total. The fraction of sp³-hybridized carbons (Fsp3) is 0.628. The normalized spacial score (nSPS) is 16.2. The summed E-state index contributed by atoms with van der Waals surface area (Å²) in [6.45, 7) is 11.1. The van der Waals surface area contributed by atoms with E-state index in [1.165, 1.54) is 0 Å². The average molecular weight is 810 g/mol. The van der Waals surface area contributed by atoms with Gasteiger partial charge in [-0.05, 0) is 74.8 Å². The predicted octanol–water partition coefficient (Wildman–Crippen LogP) is 5.39. The molecule has 1 aromatic carbocycles. The Kier molecular flexibility index (Phi) is 18.5. The third-order valence-electron chi connectivity index (χ3n) is 11.2. The molecule has 5 rings (SSSR count). The van der Waals surface area contributed by atoms with E-state index in [0.717, 1.165) is 99.5 Å². The molecule has 0 radical (unpaired) electrons. The van der Waals surface area contributed by atoms with Gasteiger partial charge < -0.3 is 33.4 Å². The number of unbranched alkanes of at least 4 members (excludes halogenated alkanes) is 3. The maximum atomic E-state index is 13.1. The molecular formula is C43H61ClFN7O5. The molecule has 2 saturated heterocycles. The summed E-state index contributed by atoms with van der Waals surface area (Å²) in [6, 6.07) is 7.56. The lowest BCUT2D eigenvalue weighted by Gasteiger charge is -2.40. The second-order valence-electron chi connectivity index (χ2n) is 15.1. The number of hydrogen-bond donors (Lipinski definition) is 0. The third-order valence-corrected chi connectivity index (χ3v) is 11.4. The van der Waals surface area contributed by atoms with Crippen molar-refractivity contribution in [3.8, 4) is 12.3 Å². The predicted molar refractivity (Wildman–Crippen MR) is 222 cm³/mol. The van der Waals surface area contributed by atoms with Gasteiger partial charge in [0.25, 0.3) is 0 Å². The van der Waals surface area contributed by atoms with Crippen molar-refractivity contribution in [2.45, 2.75) is 69.9 Å². The average Bonchev–Trinajstić information content (AvgIpc) is 3.56. The number of imidazole rings is 1. The molecule has 312 valence electrons. The Balaban J connectivity index is 0.968. The first-order valence-electron chi connectivity index (χ1n) is 20.6. The number of likely N-dealkylation sites (tertiary alicyclic amines) is 1. The molecule has 2 fully saturated rings. The fourth-order valence-corrected chi connectivity index (χ4v) is 7.89. The first kappa shape index (κ1) is 44.5. The molecular weight excluding hydrogens is 749 g/mol. The summed E-state index contributed by atoms with van der Waals surface area (Å²) in [4.78, 5) is 43.9. The van der Waals surface area contributed by atoms with Crippen LogP contribution >= 0.6 is 11.6 Å². The van der Waals surface area contributed by atoms with Gasteiger partial charge in [-0.1, -0.05) is 17.5 Å². The van der Waals surface area contributed by atoms with Crippen LogP contribution in [0.1, 0.15) is 62.8 Å². The number of aryl methyl sites for hydroxylation is 1. The number of nitrogens with zero attached hydrogens (tertiary/aromatic N) is 7. The lowest BCUT2D eigenvalue weighted by molar-refractivity contribution is -0.135. The molecule has 0 N–H and O–H groups in total. The molecule has 2 aliphatic heterocycles. The smallest absolute Gasteiger partial charge is 0.224 e. The molecule has 0 aliphatic carbocycles. The number of amides is 1.